The average Bonchev–Trinajstić information content (AvgIpc) is 3.50. The molecule has 0 N–H and O–H groups in total. The van der Waals surface area contributed by atoms with Crippen molar-refractivity contribution in [2.75, 3.05) is 0 Å². The number of rotatable bonds is 3. The van der Waals surface area contributed by atoms with Gasteiger partial charge in [0.1, 0.15) is 11.8 Å². The van der Waals surface area contributed by atoms with E-state index in [9.17, 15) is 5.26 Å². The Labute approximate surface area is 245 Å². The molecular formula is C39H27N3. The van der Waals surface area contributed by atoms with Gasteiger partial charge in [0.15, 0.2) is 0 Å². The van der Waals surface area contributed by atoms with Crippen molar-refractivity contribution in [3.05, 3.63) is 144 Å². The minimum atomic E-state index is -0.0977. The third kappa shape index (κ3) is 3.49. The van der Waals surface area contributed by atoms with E-state index in [1.165, 1.54) is 44.1 Å². The number of hydrogen-bond donors (Lipinski definition) is 0. The molecule has 0 fully saturated rings. The number of fused-ring (bicyclic) bond motifs is 7. The van der Waals surface area contributed by atoms with Gasteiger partial charge in [0, 0.05) is 27.4 Å². The average molecular weight is 538 g/mol. The summed E-state index contributed by atoms with van der Waals surface area (Å²) in [6.45, 7) is 4.72. The Kier molecular flexibility index (Phi) is 5.23. The molecule has 0 saturated heterocycles. The van der Waals surface area contributed by atoms with Gasteiger partial charge in [-0.3, -0.25) is 0 Å². The lowest BCUT2D eigenvalue weighted by atomic mass is 9.80. The molecule has 198 valence electrons. The molecule has 5 aromatic carbocycles. The van der Waals surface area contributed by atoms with Crippen LogP contribution < -0.4 is 0 Å². The van der Waals surface area contributed by atoms with Gasteiger partial charge in [0.2, 0.25) is 0 Å². The molecule has 0 unspecified atom stereocenters. The number of nitrogens with zero attached hydrogens (tertiary/aromatic N) is 3. The zero-order valence-corrected chi connectivity index (χ0v) is 23.5. The summed E-state index contributed by atoms with van der Waals surface area (Å²) >= 11 is 0. The molecule has 0 spiro atoms. The molecule has 3 nitrogen and oxygen atoms in total. The van der Waals surface area contributed by atoms with E-state index in [2.05, 4.69) is 133 Å². The molecule has 0 atom stereocenters. The lowest BCUT2D eigenvalue weighted by Crippen LogP contribution is -2.15. The maximum Gasteiger partial charge on any atom is 0.141 e. The van der Waals surface area contributed by atoms with Gasteiger partial charge in [0.25, 0.3) is 0 Å². The molecular weight excluding hydrogens is 510 g/mol. The predicted octanol–water partition coefficient (Wildman–Crippen LogP) is 9.69. The van der Waals surface area contributed by atoms with E-state index in [0.29, 0.717) is 5.69 Å². The van der Waals surface area contributed by atoms with E-state index in [0.717, 1.165) is 28.1 Å². The minimum Gasteiger partial charge on any atom is -0.309 e. The summed E-state index contributed by atoms with van der Waals surface area (Å²) in [6.07, 6.45) is 0. The number of pyridine rings is 1. The quantitative estimate of drug-likeness (QED) is 0.225. The highest BCUT2D eigenvalue weighted by Crippen LogP contribution is 2.53. The first-order valence-corrected chi connectivity index (χ1v) is 14.3. The SMILES string of the molecule is CC1(C)c2ccccc2-c2ccc3c(c21)c1ccccc1n3-c1cccc(-c2cccc(-c3cccc(C#N)n3)c2)c1. The Hall–Kier alpha value is -5.46. The summed E-state index contributed by atoms with van der Waals surface area (Å²) in [6, 6.07) is 47.1. The molecule has 1 aliphatic carbocycles. The molecule has 2 aromatic heterocycles. The van der Waals surface area contributed by atoms with E-state index >= 15 is 0 Å². The van der Waals surface area contributed by atoms with Gasteiger partial charge in [-0.1, -0.05) is 98.8 Å². The molecule has 0 amide bonds. The van der Waals surface area contributed by atoms with Gasteiger partial charge >= 0.3 is 0 Å². The number of benzene rings is 5. The molecule has 8 rings (SSSR count). The van der Waals surface area contributed by atoms with E-state index in [1.54, 1.807) is 6.07 Å². The van der Waals surface area contributed by atoms with Crippen molar-refractivity contribution in [3.63, 3.8) is 0 Å². The van der Waals surface area contributed by atoms with Crippen LogP contribution in [0.4, 0.5) is 0 Å². The van der Waals surface area contributed by atoms with Crippen LogP contribution in [0.25, 0.3) is 61.0 Å². The fourth-order valence-corrected chi connectivity index (χ4v) is 6.95. The lowest BCUT2D eigenvalue weighted by Gasteiger charge is -2.22. The maximum atomic E-state index is 9.32. The van der Waals surface area contributed by atoms with Gasteiger partial charge in [-0.25, -0.2) is 4.98 Å². The summed E-state index contributed by atoms with van der Waals surface area (Å²) in [4.78, 5) is 4.51. The monoisotopic (exact) mass is 537 g/mol. The van der Waals surface area contributed by atoms with Gasteiger partial charge in [-0.2, -0.15) is 5.26 Å². The van der Waals surface area contributed by atoms with Crippen LogP contribution in [0, 0.1) is 11.3 Å². The summed E-state index contributed by atoms with van der Waals surface area (Å²) in [5, 5.41) is 11.9. The molecule has 2 heterocycles. The second-order valence-electron chi connectivity index (χ2n) is 11.6. The van der Waals surface area contributed by atoms with Crippen molar-refractivity contribution >= 4 is 21.8 Å². The van der Waals surface area contributed by atoms with Crippen LogP contribution in [-0.2, 0) is 5.41 Å². The first-order valence-electron chi connectivity index (χ1n) is 14.3. The third-order valence-electron chi connectivity index (χ3n) is 8.81. The molecule has 0 aliphatic heterocycles. The largest absolute Gasteiger partial charge is 0.309 e. The Morgan fingerprint density at radius 1 is 0.643 bits per heavy atom. The fraction of sp³-hybridized carbons (Fsp3) is 0.0769. The molecule has 0 radical (unpaired) electrons. The van der Waals surface area contributed by atoms with Crippen LogP contribution in [0.3, 0.4) is 0 Å². The van der Waals surface area contributed by atoms with Crippen LogP contribution in [0.2, 0.25) is 0 Å². The summed E-state index contributed by atoms with van der Waals surface area (Å²) in [5.74, 6) is 0. The summed E-state index contributed by atoms with van der Waals surface area (Å²) < 4.78 is 2.41. The second kappa shape index (κ2) is 9.03. The highest BCUT2D eigenvalue weighted by molar-refractivity contribution is 6.14. The molecule has 0 bridgehead atoms. The van der Waals surface area contributed by atoms with E-state index < -0.39 is 0 Å². The fourth-order valence-electron chi connectivity index (χ4n) is 6.95. The number of hydrogen-bond acceptors (Lipinski definition) is 2. The zero-order chi connectivity index (χ0) is 28.4. The summed E-state index contributed by atoms with van der Waals surface area (Å²) in [7, 11) is 0. The third-order valence-corrected chi connectivity index (χ3v) is 8.81. The Morgan fingerprint density at radius 3 is 2.26 bits per heavy atom. The summed E-state index contributed by atoms with van der Waals surface area (Å²) in [5.41, 5.74) is 13.4. The number of para-hydroxylation sites is 1. The van der Waals surface area contributed by atoms with Gasteiger partial charge in [0.05, 0.1) is 16.7 Å². The smallest absolute Gasteiger partial charge is 0.141 e. The van der Waals surface area contributed by atoms with Crippen molar-refractivity contribution in [1.29, 1.82) is 5.26 Å². The minimum absolute atomic E-state index is 0.0977. The Morgan fingerprint density at radius 2 is 1.38 bits per heavy atom. The maximum absolute atomic E-state index is 9.32. The first-order chi connectivity index (χ1) is 20.5. The molecule has 1 aliphatic rings. The highest BCUT2D eigenvalue weighted by Gasteiger charge is 2.37. The Balaban J connectivity index is 1.33. The predicted molar refractivity (Wildman–Crippen MR) is 172 cm³/mol. The van der Waals surface area contributed by atoms with Crippen LogP contribution in [0.1, 0.15) is 30.7 Å². The van der Waals surface area contributed by atoms with Crippen molar-refractivity contribution in [3.8, 4) is 45.3 Å². The topological polar surface area (TPSA) is 41.6 Å². The van der Waals surface area contributed by atoms with Gasteiger partial charge < -0.3 is 4.57 Å². The van der Waals surface area contributed by atoms with E-state index in [-0.39, 0.29) is 5.41 Å². The standard InChI is InChI=1S/C39H27N3/c1-39(2)33-17-5-3-15-30(33)31-20-21-36-37(38(31)39)32-16-4-6-19-35(32)42(36)29-14-8-11-26(23-29)25-10-7-12-27(22-25)34-18-9-13-28(24-40)41-34/h3-23H,1-2H3. The van der Waals surface area contributed by atoms with Crippen LogP contribution in [-0.4, -0.2) is 9.55 Å². The lowest BCUT2D eigenvalue weighted by molar-refractivity contribution is 0.666. The Bertz CT molecular complexity index is 2240. The van der Waals surface area contributed by atoms with Gasteiger partial charge in [-0.05, 0) is 75.8 Å². The van der Waals surface area contributed by atoms with Crippen LogP contribution in [0.5, 0.6) is 0 Å². The van der Waals surface area contributed by atoms with Crippen molar-refractivity contribution in [1.82, 2.24) is 9.55 Å². The van der Waals surface area contributed by atoms with Crippen molar-refractivity contribution < 1.29 is 0 Å². The molecule has 0 saturated carbocycles. The van der Waals surface area contributed by atoms with E-state index in [4.69, 9.17) is 0 Å². The second-order valence-corrected chi connectivity index (χ2v) is 11.6. The zero-order valence-electron chi connectivity index (χ0n) is 23.5. The van der Waals surface area contributed by atoms with E-state index in [1.807, 2.05) is 18.2 Å². The van der Waals surface area contributed by atoms with Crippen LogP contribution in [0.15, 0.2) is 127 Å². The molecule has 3 heteroatoms. The van der Waals surface area contributed by atoms with Crippen molar-refractivity contribution in [2.24, 2.45) is 0 Å². The van der Waals surface area contributed by atoms with Gasteiger partial charge in [-0.15, -0.1) is 0 Å². The van der Waals surface area contributed by atoms with Crippen LogP contribution >= 0.6 is 0 Å². The number of aromatic nitrogens is 2. The molecule has 42 heavy (non-hydrogen) atoms. The first kappa shape index (κ1) is 24.3. The normalized spacial score (nSPS) is 13.2. The molecule has 7 aromatic rings. The number of nitriles is 1. The van der Waals surface area contributed by atoms with Crippen molar-refractivity contribution in [2.45, 2.75) is 19.3 Å². The highest BCUT2D eigenvalue weighted by atomic mass is 15.0.